The molecule has 0 N–H and O–H groups in total. The molecule has 1 saturated carbocycles. The summed E-state index contributed by atoms with van der Waals surface area (Å²) in [6.45, 7) is 0. The summed E-state index contributed by atoms with van der Waals surface area (Å²) < 4.78 is 24.5. The van der Waals surface area contributed by atoms with Crippen molar-refractivity contribution in [2.45, 2.75) is 35.1 Å². The van der Waals surface area contributed by atoms with Crippen LogP contribution in [0.2, 0.25) is 0 Å². The van der Waals surface area contributed by atoms with Crippen LogP contribution < -0.4 is 0 Å². The summed E-state index contributed by atoms with van der Waals surface area (Å²) in [5.74, 6) is 0.188. The van der Waals surface area contributed by atoms with Crippen molar-refractivity contribution in [3.63, 3.8) is 0 Å². The number of sulfone groups is 1. The van der Waals surface area contributed by atoms with Crippen LogP contribution in [0.15, 0.2) is 21.7 Å². The van der Waals surface area contributed by atoms with Crippen molar-refractivity contribution in [2.75, 3.05) is 0 Å². The summed E-state index contributed by atoms with van der Waals surface area (Å²) in [5.41, 5.74) is 0. The first kappa shape index (κ1) is 10.8. The van der Waals surface area contributed by atoms with Crippen molar-refractivity contribution >= 4 is 27.0 Å². The maximum absolute atomic E-state index is 12.1. The van der Waals surface area contributed by atoms with E-state index < -0.39 is 9.84 Å². The Morgan fingerprint density at radius 2 is 1.93 bits per heavy atom. The molecule has 1 aromatic rings. The zero-order chi connectivity index (χ0) is 10.9. The lowest BCUT2D eigenvalue weighted by Crippen LogP contribution is -2.26. The van der Waals surface area contributed by atoms with E-state index in [1.54, 1.807) is 17.5 Å². The molecule has 0 amide bonds. The third-order valence-corrected chi connectivity index (χ3v) is 6.40. The Morgan fingerprint density at radius 3 is 2.47 bits per heavy atom. The minimum atomic E-state index is -3.18. The Kier molecular flexibility index (Phi) is 2.93. The van der Waals surface area contributed by atoms with E-state index in [4.69, 9.17) is 0 Å². The Morgan fingerprint density at radius 1 is 1.27 bits per heavy atom. The van der Waals surface area contributed by atoms with Crippen molar-refractivity contribution in [2.24, 2.45) is 0 Å². The van der Waals surface area contributed by atoms with E-state index in [2.05, 4.69) is 0 Å². The number of rotatable bonds is 2. The highest BCUT2D eigenvalue weighted by atomic mass is 32.2. The number of hydrogen-bond donors (Lipinski definition) is 0. The largest absolute Gasteiger partial charge is 0.300 e. The Balaban J connectivity index is 2.20. The summed E-state index contributed by atoms with van der Waals surface area (Å²) in [6.07, 6.45) is 1.79. The number of carbonyl (C=O) groups is 1. The van der Waals surface area contributed by atoms with Crippen LogP contribution in [0, 0.1) is 0 Å². The highest BCUT2D eigenvalue weighted by Gasteiger charge is 2.31. The van der Waals surface area contributed by atoms with Gasteiger partial charge in [-0.2, -0.15) is 0 Å². The molecule has 1 aromatic heterocycles. The van der Waals surface area contributed by atoms with Crippen molar-refractivity contribution in [1.29, 1.82) is 0 Å². The lowest BCUT2D eigenvalue weighted by Gasteiger charge is -2.20. The summed E-state index contributed by atoms with van der Waals surface area (Å²) in [4.78, 5) is 11.0. The molecule has 1 heterocycles. The summed E-state index contributed by atoms with van der Waals surface area (Å²) in [7, 11) is -3.18. The van der Waals surface area contributed by atoms with Crippen LogP contribution in [-0.4, -0.2) is 19.5 Å². The number of thiophene rings is 1. The molecule has 1 aliphatic carbocycles. The molecule has 3 nitrogen and oxygen atoms in total. The Bertz CT molecular complexity index is 435. The van der Waals surface area contributed by atoms with E-state index in [-0.39, 0.29) is 11.0 Å². The van der Waals surface area contributed by atoms with E-state index in [1.807, 2.05) is 0 Å². The lowest BCUT2D eigenvalue weighted by atomic mass is 9.99. The first-order valence-electron chi connectivity index (χ1n) is 4.90. The lowest BCUT2D eigenvalue weighted by molar-refractivity contribution is -0.120. The molecule has 0 saturated heterocycles. The van der Waals surface area contributed by atoms with Gasteiger partial charge in [-0.05, 0) is 24.3 Å². The Labute approximate surface area is 93.0 Å². The van der Waals surface area contributed by atoms with Crippen LogP contribution in [0.3, 0.4) is 0 Å². The molecular formula is C10H12O3S2. The molecule has 0 radical (unpaired) electrons. The van der Waals surface area contributed by atoms with Gasteiger partial charge in [-0.3, -0.25) is 4.79 Å². The molecule has 0 aromatic carbocycles. The number of hydrogen-bond acceptors (Lipinski definition) is 4. The van der Waals surface area contributed by atoms with Gasteiger partial charge in [0, 0.05) is 12.8 Å². The van der Waals surface area contributed by atoms with Crippen molar-refractivity contribution in [1.82, 2.24) is 0 Å². The molecule has 0 spiro atoms. The fourth-order valence-electron chi connectivity index (χ4n) is 1.81. The minimum Gasteiger partial charge on any atom is -0.300 e. The third kappa shape index (κ3) is 2.13. The van der Waals surface area contributed by atoms with Crippen molar-refractivity contribution in [3.05, 3.63) is 17.5 Å². The molecule has 15 heavy (non-hydrogen) atoms. The average Bonchev–Trinajstić information content (AvgIpc) is 2.71. The van der Waals surface area contributed by atoms with Crippen molar-refractivity contribution < 1.29 is 13.2 Å². The average molecular weight is 244 g/mol. The zero-order valence-electron chi connectivity index (χ0n) is 8.18. The standard InChI is InChI=1S/C10H12O3S2/c11-8-3-5-9(6-4-8)15(12,13)10-2-1-7-14-10/h1-2,7,9H,3-6H2. The molecule has 1 aliphatic rings. The van der Waals surface area contributed by atoms with Gasteiger partial charge in [-0.1, -0.05) is 6.07 Å². The third-order valence-electron chi connectivity index (χ3n) is 2.70. The monoisotopic (exact) mass is 244 g/mol. The number of ketones is 1. The molecule has 0 bridgehead atoms. The van der Waals surface area contributed by atoms with Gasteiger partial charge < -0.3 is 0 Å². The second kappa shape index (κ2) is 4.06. The maximum Gasteiger partial charge on any atom is 0.190 e. The van der Waals surface area contributed by atoms with E-state index in [0.717, 1.165) is 0 Å². The maximum atomic E-state index is 12.1. The molecule has 0 atom stereocenters. The summed E-state index contributed by atoms with van der Waals surface area (Å²) in [6, 6.07) is 3.38. The predicted octanol–water partition coefficient (Wildman–Crippen LogP) is 2.03. The smallest absolute Gasteiger partial charge is 0.190 e. The molecule has 5 heteroatoms. The molecular weight excluding hydrogens is 232 g/mol. The van der Waals surface area contributed by atoms with Gasteiger partial charge in [-0.25, -0.2) is 8.42 Å². The molecule has 1 fully saturated rings. The van der Waals surface area contributed by atoms with Crippen LogP contribution in [0.5, 0.6) is 0 Å². The van der Waals surface area contributed by atoms with Gasteiger partial charge in [0.2, 0.25) is 0 Å². The van der Waals surface area contributed by atoms with E-state index in [0.29, 0.717) is 29.9 Å². The van der Waals surface area contributed by atoms with E-state index in [9.17, 15) is 13.2 Å². The highest BCUT2D eigenvalue weighted by molar-refractivity contribution is 7.94. The van der Waals surface area contributed by atoms with Gasteiger partial charge in [0.1, 0.15) is 9.99 Å². The van der Waals surface area contributed by atoms with Gasteiger partial charge >= 0.3 is 0 Å². The quantitative estimate of drug-likeness (QED) is 0.800. The SMILES string of the molecule is O=C1CCC(S(=O)(=O)c2cccs2)CC1. The zero-order valence-corrected chi connectivity index (χ0v) is 9.81. The first-order chi connectivity index (χ1) is 7.10. The topological polar surface area (TPSA) is 51.2 Å². The fourth-order valence-corrected chi connectivity index (χ4v) is 4.83. The fraction of sp³-hybridized carbons (Fsp3) is 0.500. The Hall–Kier alpha value is -0.680. The normalized spacial score (nSPS) is 19.3. The molecule has 82 valence electrons. The molecule has 2 rings (SSSR count). The van der Waals surface area contributed by atoms with Crippen molar-refractivity contribution in [3.8, 4) is 0 Å². The van der Waals surface area contributed by atoms with Crippen LogP contribution in [0.1, 0.15) is 25.7 Å². The number of Topliss-reactive ketones (excluding diaryl/α,β-unsaturated/α-hetero) is 1. The first-order valence-corrected chi connectivity index (χ1v) is 7.32. The van der Waals surface area contributed by atoms with Crippen LogP contribution >= 0.6 is 11.3 Å². The molecule has 0 aliphatic heterocycles. The number of carbonyl (C=O) groups excluding carboxylic acids is 1. The molecule has 0 unspecified atom stereocenters. The van der Waals surface area contributed by atoms with Crippen LogP contribution in [-0.2, 0) is 14.6 Å². The van der Waals surface area contributed by atoms with Gasteiger partial charge in [0.05, 0.1) is 5.25 Å². The van der Waals surface area contributed by atoms with Gasteiger partial charge in [-0.15, -0.1) is 11.3 Å². The van der Waals surface area contributed by atoms with Gasteiger partial charge in [0.15, 0.2) is 9.84 Å². The van der Waals surface area contributed by atoms with E-state index in [1.165, 1.54) is 11.3 Å². The second-order valence-corrected chi connectivity index (χ2v) is 7.12. The predicted molar refractivity (Wildman–Crippen MR) is 58.8 cm³/mol. The van der Waals surface area contributed by atoms with E-state index >= 15 is 0 Å². The highest BCUT2D eigenvalue weighted by Crippen LogP contribution is 2.29. The summed E-state index contributed by atoms with van der Waals surface area (Å²) in [5, 5.41) is 1.41. The second-order valence-electron chi connectivity index (χ2n) is 3.72. The minimum absolute atomic E-state index is 0.188. The van der Waals surface area contributed by atoms with Crippen LogP contribution in [0.4, 0.5) is 0 Å². The van der Waals surface area contributed by atoms with Crippen LogP contribution in [0.25, 0.3) is 0 Å². The summed E-state index contributed by atoms with van der Waals surface area (Å²) >= 11 is 1.25. The van der Waals surface area contributed by atoms with Gasteiger partial charge in [0.25, 0.3) is 0 Å².